The Kier molecular flexibility index (Phi) is 3.76. The normalized spacial score (nSPS) is 47.1. The first-order valence-electron chi connectivity index (χ1n) is 9.65. The van der Waals surface area contributed by atoms with E-state index in [1.165, 1.54) is 0 Å². The number of fused-ring (bicyclic) bond motifs is 5. The third kappa shape index (κ3) is 2.20. The number of amides is 1. The van der Waals surface area contributed by atoms with Gasteiger partial charge in [0.2, 0.25) is 5.91 Å². The quantitative estimate of drug-likeness (QED) is 0.656. The van der Waals surface area contributed by atoms with Crippen LogP contribution in [0.5, 0.6) is 0 Å². The highest BCUT2D eigenvalue weighted by Crippen LogP contribution is 2.64. The average molecular weight is 361 g/mol. The molecule has 1 amide bonds. The lowest BCUT2D eigenvalue weighted by Gasteiger charge is -2.60. The molecule has 3 aliphatic carbocycles. The molecule has 2 saturated carbocycles. The van der Waals surface area contributed by atoms with Crippen molar-refractivity contribution in [2.75, 3.05) is 0 Å². The fraction of sp³-hybridized carbons (Fsp3) is 0.750. The van der Waals surface area contributed by atoms with E-state index in [9.17, 15) is 24.6 Å². The molecule has 0 aromatic heterocycles. The summed E-state index contributed by atoms with van der Waals surface area (Å²) in [5.41, 5.74) is 0.0571. The molecule has 6 nitrogen and oxygen atoms in total. The van der Waals surface area contributed by atoms with Crippen molar-refractivity contribution in [1.29, 1.82) is 0 Å². The topological polar surface area (TPSA) is 104 Å². The van der Waals surface area contributed by atoms with Gasteiger partial charge in [-0.25, -0.2) is 4.79 Å². The second kappa shape index (κ2) is 5.57. The Morgan fingerprint density at radius 3 is 2.54 bits per heavy atom. The molecular formula is C20H27NO5. The summed E-state index contributed by atoms with van der Waals surface area (Å²) in [7, 11) is 0. The summed E-state index contributed by atoms with van der Waals surface area (Å²) in [6.45, 7) is 4.24. The van der Waals surface area contributed by atoms with Crippen LogP contribution in [0.2, 0.25) is 0 Å². The Hall–Kier alpha value is -1.85. The van der Waals surface area contributed by atoms with E-state index < -0.39 is 17.9 Å². The number of aliphatic carboxylic acids is 2. The molecule has 26 heavy (non-hydrogen) atoms. The predicted octanol–water partition coefficient (Wildman–Crippen LogP) is 2.44. The maximum absolute atomic E-state index is 12.2. The van der Waals surface area contributed by atoms with Crippen molar-refractivity contribution in [2.24, 2.45) is 34.5 Å². The number of carboxylic acid groups (broad SMARTS) is 2. The number of carbonyl (C=O) groups is 3. The number of allylic oxidation sites excluding steroid dienone is 1. The van der Waals surface area contributed by atoms with E-state index in [4.69, 9.17) is 0 Å². The number of hydrogen-bond donors (Lipinski definition) is 3. The van der Waals surface area contributed by atoms with E-state index in [0.29, 0.717) is 29.7 Å². The number of carboxylic acids is 2. The highest BCUT2D eigenvalue weighted by Gasteiger charge is 2.61. The van der Waals surface area contributed by atoms with Crippen LogP contribution in [0.25, 0.3) is 0 Å². The summed E-state index contributed by atoms with van der Waals surface area (Å²) in [4.78, 5) is 35.4. The summed E-state index contributed by atoms with van der Waals surface area (Å²) in [6.07, 6.45) is 6.65. The standard InChI is InChI=1S/C20H27NO5/c1-19-8-7-13-10(12(19)4-5-14(19)18(25)26)3-6-15-20(13,2)9-11(17(23)24)16(22)21-15/h5,10-13,15H,3-4,6-9H2,1-2H3,(H,21,22)(H,23,24)(H,25,26)/t10-,11?,12-,13+,15?,19-,20+/m0/s1. The molecular weight excluding hydrogens is 334 g/mol. The summed E-state index contributed by atoms with van der Waals surface area (Å²) in [6, 6.07) is 0.0320. The van der Waals surface area contributed by atoms with Crippen molar-refractivity contribution < 1.29 is 24.6 Å². The molecule has 142 valence electrons. The Morgan fingerprint density at radius 2 is 1.88 bits per heavy atom. The predicted molar refractivity (Wildman–Crippen MR) is 93.2 cm³/mol. The lowest BCUT2D eigenvalue weighted by molar-refractivity contribution is -0.159. The van der Waals surface area contributed by atoms with Crippen molar-refractivity contribution in [1.82, 2.24) is 5.32 Å². The van der Waals surface area contributed by atoms with Gasteiger partial charge >= 0.3 is 11.9 Å². The maximum Gasteiger partial charge on any atom is 0.331 e. The number of hydrogen-bond acceptors (Lipinski definition) is 3. The molecule has 1 heterocycles. The first-order chi connectivity index (χ1) is 12.2. The van der Waals surface area contributed by atoms with Gasteiger partial charge in [-0.15, -0.1) is 0 Å². The van der Waals surface area contributed by atoms with Gasteiger partial charge in [0.1, 0.15) is 5.92 Å². The molecule has 3 N–H and O–H groups in total. The molecule has 1 saturated heterocycles. The van der Waals surface area contributed by atoms with E-state index in [0.717, 1.165) is 32.1 Å². The Morgan fingerprint density at radius 1 is 1.15 bits per heavy atom. The van der Waals surface area contributed by atoms with Gasteiger partial charge < -0.3 is 15.5 Å². The highest BCUT2D eigenvalue weighted by atomic mass is 16.4. The van der Waals surface area contributed by atoms with Crippen molar-refractivity contribution in [2.45, 2.75) is 58.4 Å². The molecule has 1 aliphatic heterocycles. The zero-order valence-corrected chi connectivity index (χ0v) is 15.3. The monoisotopic (exact) mass is 361 g/mol. The van der Waals surface area contributed by atoms with E-state index in [1.807, 2.05) is 6.08 Å². The molecule has 0 spiro atoms. The van der Waals surface area contributed by atoms with Gasteiger partial charge in [-0.05, 0) is 61.7 Å². The van der Waals surface area contributed by atoms with Crippen LogP contribution in [0, 0.1) is 34.5 Å². The van der Waals surface area contributed by atoms with E-state index in [1.54, 1.807) is 0 Å². The van der Waals surface area contributed by atoms with Crippen LogP contribution in [0.1, 0.15) is 52.4 Å². The molecule has 4 rings (SSSR count). The molecule has 0 aromatic rings. The van der Waals surface area contributed by atoms with E-state index in [-0.39, 0.29) is 22.8 Å². The zero-order chi connectivity index (χ0) is 18.9. The Bertz CT molecular complexity index is 715. The minimum atomic E-state index is -1.04. The van der Waals surface area contributed by atoms with Crippen molar-refractivity contribution in [3.63, 3.8) is 0 Å². The lowest BCUT2D eigenvalue weighted by atomic mass is 9.46. The van der Waals surface area contributed by atoms with Crippen LogP contribution in [-0.4, -0.2) is 34.1 Å². The van der Waals surface area contributed by atoms with E-state index >= 15 is 0 Å². The van der Waals surface area contributed by atoms with Crippen molar-refractivity contribution >= 4 is 17.8 Å². The fourth-order valence-corrected chi connectivity index (χ4v) is 6.89. The minimum Gasteiger partial charge on any atom is -0.481 e. The summed E-state index contributed by atoms with van der Waals surface area (Å²) >= 11 is 0. The SMILES string of the molecule is C[C@]12CC(C(=O)O)C(=O)NC1CC[C@@H]1[C@H]2CC[C@]2(C)C(C(=O)O)=CC[C@@H]12. The third-order valence-corrected chi connectivity index (χ3v) is 8.26. The van der Waals surface area contributed by atoms with Gasteiger partial charge in [-0.1, -0.05) is 19.9 Å². The van der Waals surface area contributed by atoms with Crippen LogP contribution in [-0.2, 0) is 14.4 Å². The summed E-state index contributed by atoms with van der Waals surface area (Å²) in [5.74, 6) is -2.12. The summed E-state index contributed by atoms with van der Waals surface area (Å²) < 4.78 is 0. The molecule has 3 fully saturated rings. The van der Waals surface area contributed by atoms with E-state index in [2.05, 4.69) is 19.2 Å². The molecule has 0 bridgehead atoms. The maximum atomic E-state index is 12.2. The molecule has 4 aliphatic rings. The zero-order valence-electron chi connectivity index (χ0n) is 15.3. The number of carbonyl (C=O) groups excluding carboxylic acids is 1. The number of rotatable bonds is 2. The minimum absolute atomic E-state index is 0.0320. The second-order valence-corrected chi connectivity index (χ2v) is 9.23. The molecule has 7 atom stereocenters. The molecule has 6 heteroatoms. The number of piperidine rings is 1. The van der Waals surface area contributed by atoms with Crippen molar-refractivity contribution in [3.8, 4) is 0 Å². The van der Waals surface area contributed by atoms with Gasteiger partial charge in [0, 0.05) is 17.0 Å². The van der Waals surface area contributed by atoms with Gasteiger partial charge in [0.05, 0.1) is 0 Å². The lowest BCUT2D eigenvalue weighted by Crippen LogP contribution is -2.64. The van der Waals surface area contributed by atoms with Crippen LogP contribution in [0.4, 0.5) is 0 Å². The Balaban J connectivity index is 1.64. The molecule has 0 radical (unpaired) electrons. The fourth-order valence-electron chi connectivity index (χ4n) is 6.89. The van der Waals surface area contributed by atoms with Gasteiger partial charge in [0.15, 0.2) is 0 Å². The highest BCUT2D eigenvalue weighted by molar-refractivity contribution is 5.97. The largest absolute Gasteiger partial charge is 0.481 e. The van der Waals surface area contributed by atoms with Crippen LogP contribution in [0.15, 0.2) is 11.6 Å². The first kappa shape index (κ1) is 17.6. The first-order valence-corrected chi connectivity index (χ1v) is 9.65. The third-order valence-electron chi connectivity index (χ3n) is 8.26. The van der Waals surface area contributed by atoms with Gasteiger partial charge in [0.25, 0.3) is 0 Å². The smallest absolute Gasteiger partial charge is 0.331 e. The second-order valence-electron chi connectivity index (χ2n) is 9.23. The average Bonchev–Trinajstić information content (AvgIpc) is 2.92. The van der Waals surface area contributed by atoms with Crippen LogP contribution >= 0.6 is 0 Å². The van der Waals surface area contributed by atoms with Crippen LogP contribution in [0.3, 0.4) is 0 Å². The van der Waals surface area contributed by atoms with Gasteiger partial charge in [-0.2, -0.15) is 0 Å². The number of nitrogens with one attached hydrogen (secondary N) is 1. The molecule has 0 aromatic carbocycles. The van der Waals surface area contributed by atoms with Crippen LogP contribution < -0.4 is 5.32 Å². The molecule has 2 unspecified atom stereocenters. The summed E-state index contributed by atoms with van der Waals surface area (Å²) in [5, 5.41) is 22.1. The van der Waals surface area contributed by atoms with Gasteiger partial charge in [-0.3, -0.25) is 9.59 Å². The van der Waals surface area contributed by atoms with Crippen molar-refractivity contribution in [3.05, 3.63) is 11.6 Å². The Labute approximate surface area is 153 Å².